The molecule has 0 unspecified atom stereocenters. The van der Waals surface area contributed by atoms with Crippen LogP contribution in [-0.2, 0) is 4.79 Å². The van der Waals surface area contributed by atoms with Gasteiger partial charge in [0.1, 0.15) is 11.1 Å². The van der Waals surface area contributed by atoms with Gasteiger partial charge in [0.2, 0.25) is 5.91 Å². The maximum atomic E-state index is 12.6. The van der Waals surface area contributed by atoms with E-state index < -0.39 is 6.04 Å². The molecule has 0 aliphatic rings. The van der Waals surface area contributed by atoms with Crippen molar-refractivity contribution in [1.82, 2.24) is 15.2 Å². The summed E-state index contributed by atoms with van der Waals surface area (Å²) in [4.78, 5) is 30.7. The highest BCUT2D eigenvalue weighted by Gasteiger charge is 2.25. The average molecular weight is 329 g/mol. The first-order chi connectivity index (χ1) is 11.0. The number of hydrogen-bond acceptors (Lipinski definition) is 4. The second kappa shape index (κ2) is 7.78. The summed E-state index contributed by atoms with van der Waals surface area (Å²) in [5.41, 5.74) is 1.21. The van der Waals surface area contributed by atoms with Gasteiger partial charge in [-0.05, 0) is 24.0 Å². The van der Waals surface area contributed by atoms with Crippen LogP contribution in [0.2, 0.25) is 0 Å². The summed E-state index contributed by atoms with van der Waals surface area (Å²) in [5, 5.41) is 3.46. The van der Waals surface area contributed by atoms with Crippen molar-refractivity contribution in [1.29, 1.82) is 0 Å². The van der Waals surface area contributed by atoms with Gasteiger partial charge in [0.05, 0.1) is 5.56 Å². The minimum absolute atomic E-state index is 0.181. The zero-order valence-corrected chi connectivity index (χ0v) is 14.1. The van der Waals surface area contributed by atoms with E-state index in [-0.39, 0.29) is 11.8 Å². The standard InChI is InChI=1S/C17H19N3O2S/c1-20(2)17(22)14(12-8-5-4-6-9-12)19-15(21)13-10-7-11-18-16(13)23-3/h4-11,14H,1-3H3,(H,19,21)/t14-/m0/s1. The van der Waals surface area contributed by atoms with Crippen LogP contribution in [0.15, 0.2) is 53.7 Å². The molecule has 6 heteroatoms. The molecule has 0 aliphatic carbocycles. The third-order valence-corrected chi connectivity index (χ3v) is 4.02. The molecule has 1 aromatic carbocycles. The molecule has 23 heavy (non-hydrogen) atoms. The van der Waals surface area contributed by atoms with Crippen LogP contribution in [-0.4, -0.2) is 42.0 Å². The monoisotopic (exact) mass is 329 g/mol. The molecule has 0 aliphatic heterocycles. The van der Waals surface area contributed by atoms with E-state index in [2.05, 4.69) is 10.3 Å². The summed E-state index contributed by atoms with van der Waals surface area (Å²) >= 11 is 1.39. The van der Waals surface area contributed by atoms with Gasteiger partial charge < -0.3 is 10.2 Å². The quantitative estimate of drug-likeness (QED) is 0.856. The van der Waals surface area contributed by atoms with Gasteiger partial charge in [-0.25, -0.2) is 4.98 Å². The molecule has 0 saturated heterocycles. The fourth-order valence-electron chi connectivity index (χ4n) is 2.13. The Morgan fingerprint density at radius 2 is 1.83 bits per heavy atom. The van der Waals surface area contributed by atoms with Crippen molar-refractivity contribution in [3.05, 3.63) is 59.8 Å². The van der Waals surface area contributed by atoms with E-state index in [0.717, 1.165) is 5.56 Å². The number of rotatable bonds is 5. The molecular formula is C17H19N3O2S. The molecule has 0 spiro atoms. The van der Waals surface area contributed by atoms with E-state index in [1.807, 2.05) is 36.6 Å². The lowest BCUT2D eigenvalue weighted by Crippen LogP contribution is -2.40. The van der Waals surface area contributed by atoms with Gasteiger partial charge in [0, 0.05) is 20.3 Å². The molecule has 1 aromatic heterocycles. The van der Waals surface area contributed by atoms with Crippen LogP contribution in [0.4, 0.5) is 0 Å². The average Bonchev–Trinajstić information content (AvgIpc) is 2.59. The molecule has 5 nitrogen and oxygen atoms in total. The second-order valence-electron chi connectivity index (χ2n) is 5.11. The normalized spacial score (nSPS) is 11.6. The molecule has 2 amide bonds. The van der Waals surface area contributed by atoms with E-state index in [4.69, 9.17) is 0 Å². The molecule has 1 N–H and O–H groups in total. The zero-order chi connectivity index (χ0) is 16.8. The Kier molecular flexibility index (Phi) is 5.76. The summed E-state index contributed by atoms with van der Waals surface area (Å²) in [6.07, 6.45) is 3.50. The Morgan fingerprint density at radius 1 is 1.13 bits per heavy atom. The van der Waals surface area contributed by atoms with Crippen LogP contribution in [0, 0.1) is 0 Å². The Hall–Kier alpha value is -2.34. The molecular weight excluding hydrogens is 310 g/mol. The van der Waals surface area contributed by atoms with Crippen molar-refractivity contribution in [3.63, 3.8) is 0 Å². The molecule has 1 heterocycles. The van der Waals surface area contributed by atoms with E-state index in [1.165, 1.54) is 16.7 Å². The Morgan fingerprint density at radius 3 is 2.43 bits per heavy atom. The molecule has 0 fully saturated rings. The highest BCUT2D eigenvalue weighted by atomic mass is 32.2. The number of pyridine rings is 1. The van der Waals surface area contributed by atoms with E-state index in [0.29, 0.717) is 10.6 Å². The number of aromatic nitrogens is 1. The fourth-order valence-corrected chi connectivity index (χ4v) is 2.67. The first-order valence-corrected chi connectivity index (χ1v) is 8.33. The van der Waals surface area contributed by atoms with Gasteiger partial charge in [0.15, 0.2) is 0 Å². The van der Waals surface area contributed by atoms with Gasteiger partial charge >= 0.3 is 0 Å². The van der Waals surface area contributed by atoms with Gasteiger partial charge in [-0.1, -0.05) is 30.3 Å². The van der Waals surface area contributed by atoms with Crippen LogP contribution < -0.4 is 5.32 Å². The van der Waals surface area contributed by atoms with Crippen LogP contribution >= 0.6 is 11.8 Å². The number of nitrogens with zero attached hydrogens (tertiary/aromatic N) is 2. The predicted molar refractivity (Wildman–Crippen MR) is 91.4 cm³/mol. The molecule has 0 bridgehead atoms. The largest absolute Gasteiger partial charge is 0.347 e. The SMILES string of the molecule is CSc1ncccc1C(=O)N[C@H](C(=O)N(C)C)c1ccccc1. The van der Waals surface area contributed by atoms with Gasteiger partial charge in [-0.2, -0.15) is 0 Å². The Labute approximate surface area is 140 Å². The number of hydrogen-bond donors (Lipinski definition) is 1. The molecule has 120 valence electrons. The number of nitrogens with one attached hydrogen (secondary N) is 1. The highest BCUT2D eigenvalue weighted by Crippen LogP contribution is 2.20. The van der Waals surface area contributed by atoms with Crippen LogP contribution in [0.1, 0.15) is 22.0 Å². The highest BCUT2D eigenvalue weighted by molar-refractivity contribution is 7.98. The van der Waals surface area contributed by atoms with Gasteiger partial charge in [0.25, 0.3) is 5.91 Å². The molecule has 1 atom stereocenters. The summed E-state index contributed by atoms with van der Waals surface area (Å²) in [5.74, 6) is -0.495. The summed E-state index contributed by atoms with van der Waals surface area (Å²) in [6, 6.07) is 11.9. The molecule has 0 saturated carbocycles. The van der Waals surface area contributed by atoms with Crippen molar-refractivity contribution in [2.24, 2.45) is 0 Å². The second-order valence-corrected chi connectivity index (χ2v) is 5.91. The summed E-state index contributed by atoms with van der Waals surface area (Å²) in [7, 11) is 3.34. The predicted octanol–water partition coefficient (Wildman–Crippen LogP) is 2.36. The van der Waals surface area contributed by atoms with Crippen LogP contribution in [0.25, 0.3) is 0 Å². The lowest BCUT2D eigenvalue weighted by atomic mass is 10.1. The Bertz CT molecular complexity index is 689. The van der Waals surface area contributed by atoms with E-state index in [1.54, 1.807) is 32.4 Å². The van der Waals surface area contributed by atoms with Crippen molar-refractivity contribution in [2.75, 3.05) is 20.4 Å². The maximum absolute atomic E-state index is 12.6. The molecule has 0 radical (unpaired) electrons. The minimum Gasteiger partial charge on any atom is -0.347 e. The topological polar surface area (TPSA) is 62.3 Å². The third-order valence-electron chi connectivity index (χ3n) is 3.31. The number of thioether (sulfide) groups is 1. The van der Waals surface area contributed by atoms with Crippen molar-refractivity contribution >= 4 is 23.6 Å². The summed E-state index contributed by atoms with van der Waals surface area (Å²) < 4.78 is 0. The van der Waals surface area contributed by atoms with Crippen molar-refractivity contribution in [3.8, 4) is 0 Å². The number of carbonyl (C=O) groups is 2. The number of benzene rings is 1. The zero-order valence-electron chi connectivity index (χ0n) is 13.3. The summed E-state index contributed by atoms with van der Waals surface area (Å²) in [6.45, 7) is 0. The van der Waals surface area contributed by atoms with Gasteiger partial charge in [-0.15, -0.1) is 11.8 Å². The number of carbonyl (C=O) groups excluding carboxylic acids is 2. The fraction of sp³-hybridized carbons (Fsp3) is 0.235. The first kappa shape index (κ1) is 17.0. The Balaban J connectivity index is 2.31. The first-order valence-electron chi connectivity index (χ1n) is 7.10. The number of amides is 2. The minimum atomic E-state index is -0.728. The van der Waals surface area contributed by atoms with Crippen LogP contribution in [0.5, 0.6) is 0 Å². The van der Waals surface area contributed by atoms with Crippen LogP contribution in [0.3, 0.4) is 0 Å². The van der Waals surface area contributed by atoms with Crippen molar-refractivity contribution in [2.45, 2.75) is 11.1 Å². The lowest BCUT2D eigenvalue weighted by molar-refractivity contribution is -0.130. The van der Waals surface area contributed by atoms with E-state index >= 15 is 0 Å². The molecule has 2 aromatic rings. The smallest absolute Gasteiger partial charge is 0.254 e. The lowest BCUT2D eigenvalue weighted by Gasteiger charge is -2.22. The van der Waals surface area contributed by atoms with E-state index in [9.17, 15) is 9.59 Å². The number of likely N-dealkylation sites (N-methyl/N-ethyl adjacent to an activating group) is 1. The van der Waals surface area contributed by atoms with Gasteiger partial charge in [-0.3, -0.25) is 9.59 Å². The maximum Gasteiger partial charge on any atom is 0.254 e. The molecule has 2 rings (SSSR count). The van der Waals surface area contributed by atoms with Crippen molar-refractivity contribution < 1.29 is 9.59 Å². The third kappa shape index (κ3) is 4.10.